The zero-order chi connectivity index (χ0) is 17.2. The van der Waals surface area contributed by atoms with E-state index in [0.29, 0.717) is 17.4 Å². The quantitative estimate of drug-likeness (QED) is 0.898. The van der Waals surface area contributed by atoms with Crippen LogP contribution in [-0.2, 0) is 12.7 Å². The molecule has 1 N–H and O–H groups in total. The van der Waals surface area contributed by atoms with E-state index in [1.165, 1.54) is 5.56 Å². The minimum Gasteiger partial charge on any atom is -0.357 e. The molecule has 1 saturated heterocycles. The van der Waals surface area contributed by atoms with E-state index in [0.717, 1.165) is 25.9 Å². The van der Waals surface area contributed by atoms with Gasteiger partial charge in [0.1, 0.15) is 0 Å². The Balaban J connectivity index is 1.55. The molecule has 0 saturated carbocycles. The van der Waals surface area contributed by atoms with Crippen LogP contribution in [-0.4, -0.2) is 33.7 Å². The maximum atomic E-state index is 12.6. The number of halogens is 3. The largest absolute Gasteiger partial charge is 0.445 e. The van der Waals surface area contributed by atoms with Gasteiger partial charge in [-0.1, -0.05) is 41.7 Å². The Bertz CT molecular complexity index is 659. The van der Waals surface area contributed by atoms with E-state index >= 15 is 0 Å². The number of hydrogen-bond acceptors (Lipinski definition) is 5. The number of anilines is 1. The van der Waals surface area contributed by atoms with Crippen molar-refractivity contribution in [1.29, 1.82) is 0 Å². The van der Waals surface area contributed by atoms with Gasteiger partial charge in [-0.15, -0.1) is 10.2 Å². The van der Waals surface area contributed by atoms with Crippen LogP contribution in [0.5, 0.6) is 0 Å². The fourth-order valence-electron chi connectivity index (χ4n) is 2.98. The molecule has 2 unspecified atom stereocenters. The van der Waals surface area contributed by atoms with Crippen LogP contribution in [0.4, 0.5) is 18.3 Å². The van der Waals surface area contributed by atoms with Crippen LogP contribution in [0.25, 0.3) is 0 Å². The van der Waals surface area contributed by atoms with Crippen LogP contribution >= 0.6 is 11.3 Å². The first-order valence-electron chi connectivity index (χ1n) is 7.87. The zero-order valence-corrected chi connectivity index (χ0v) is 14.1. The average Bonchev–Trinajstić information content (AvgIpc) is 3.00. The third-order valence-corrected chi connectivity index (χ3v) is 5.14. The van der Waals surface area contributed by atoms with Gasteiger partial charge in [0, 0.05) is 25.2 Å². The molecule has 4 nitrogen and oxygen atoms in total. The van der Waals surface area contributed by atoms with Crippen molar-refractivity contribution in [2.45, 2.75) is 44.6 Å². The minimum absolute atomic E-state index is 0.126. The van der Waals surface area contributed by atoms with Crippen LogP contribution in [0.15, 0.2) is 30.3 Å². The molecular formula is C16H19F3N4S. The molecule has 1 aromatic carbocycles. The van der Waals surface area contributed by atoms with Gasteiger partial charge in [-0.25, -0.2) is 0 Å². The molecule has 1 aliphatic rings. The predicted octanol–water partition coefficient (Wildman–Crippen LogP) is 4.02. The van der Waals surface area contributed by atoms with Gasteiger partial charge in [0.05, 0.1) is 0 Å². The molecular weight excluding hydrogens is 337 g/mol. The smallest absolute Gasteiger partial charge is 0.357 e. The van der Waals surface area contributed by atoms with Crippen LogP contribution in [0, 0.1) is 0 Å². The standard InChI is InChI=1S/C16H19F3N4S/c1-11-9-13(20-15-22-21-14(24-15)16(17,18)19)7-8-23(11)10-12-5-3-2-4-6-12/h2-6,11,13H,7-10H2,1H3,(H,20,22). The third-order valence-electron chi connectivity index (χ3n) is 4.24. The highest BCUT2D eigenvalue weighted by atomic mass is 32.1. The number of nitrogens with zero attached hydrogens (tertiary/aromatic N) is 3. The zero-order valence-electron chi connectivity index (χ0n) is 13.3. The minimum atomic E-state index is -4.43. The number of nitrogens with one attached hydrogen (secondary N) is 1. The van der Waals surface area contributed by atoms with Crippen molar-refractivity contribution < 1.29 is 13.2 Å². The molecule has 0 spiro atoms. The normalized spacial score (nSPS) is 22.5. The Hall–Kier alpha value is -1.67. The van der Waals surface area contributed by atoms with Crippen molar-refractivity contribution in [3.8, 4) is 0 Å². The van der Waals surface area contributed by atoms with E-state index in [2.05, 4.69) is 39.5 Å². The fraction of sp³-hybridized carbons (Fsp3) is 0.500. The molecule has 2 atom stereocenters. The van der Waals surface area contributed by atoms with Crippen molar-refractivity contribution >= 4 is 16.5 Å². The number of benzene rings is 1. The summed E-state index contributed by atoms with van der Waals surface area (Å²) in [5.41, 5.74) is 1.27. The molecule has 0 radical (unpaired) electrons. The Labute approximate surface area is 142 Å². The van der Waals surface area contributed by atoms with Crippen LogP contribution in [0.1, 0.15) is 30.3 Å². The van der Waals surface area contributed by atoms with Gasteiger partial charge in [-0.2, -0.15) is 13.2 Å². The van der Waals surface area contributed by atoms with Crippen LogP contribution in [0.3, 0.4) is 0 Å². The maximum absolute atomic E-state index is 12.6. The average molecular weight is 356 g/mol. The first kappa shape index (κ1) is 17.2. The lowest BCUT2D eigenvalue weighted by atomic mass is 9.98. The molecule has 1 fully saturated rings. The first-order chi connectivity index (χ1) is 11.4. The predicted molar refractivity (Wildman–Crippen MR) is 87.9 cm³/mol. The van der Waals surface area contributed by atoms with E-state index in [1.54, 1.807) is 0 Å². The van der Waals surface area contributed by atoms with Gasteiger partial charge in [0.15, 0.2) is 0 Å². The highest BCUT2D eigenvalue weighted by molar-refractivity contribution is 7.15. The summed E-state index contributed by atoms with van der Waals surface area (Å²) in [6.07, 6.45) is -2.68. The summed E-state index contributed by atoms with van der Waals surface area (Å²) in [5.74, 6) is 0. The van der Waals surface area contributed by atoms with Crippen molar-refractivity contribution in [1.82, 2.24) is 15.1 Å². The van der Waals surface area contributed by atoms with Crippen LogP contribution < -0.4 is 5.32 Å². The van der Waals surface area contributed by atoms with E-state index < -0.39 is 11.2 Å². The van der Waals surface area contributed by atoms with Crippen molar-refractivity contribution in [3.63, 3.8) is 0 Å². The van der Waals surface area contributed by atoms with E-state index in [9.17, 15) is 13.2 Å². The van der Waals surface area contributed by atoms with Crippen molar-refractivity contribution in [3.05, 3.63) is 40.9 Å². The number of hydrogen-bond donors (Lipinski definition) is 1. The number of piperidine rings is 1. The number of alkyl halides is 3. The monoisotopic (exact) mass is 356 g/mol. The molecule has 0 amide bonds. The van der Waals surface area contributed by atoms with E-state index in [1.807, 2.05) is 18.2 Å². The Morgan fingerprint density at radius 3 is 2.62 bits per heavy atom. The molecule has 1 aromatic heterocycles. The number of likely N-dealkylation sites (tertiary alicyclic amines) is 1. The summed E-state index contributed by atoms with van der Waals surface area (Å²) in [6, 6.07) is 10.8. The first-order valence-corrected chi connectivity index (χ1v) is 8.68. The third kappa shape index (κ3) is 4.24. The lowest BCUT2D eigenvalue weighted by Gasteiger charge is -2.37. The van der Waals surface area contributed by atoms with Crippen LogP contribution in [0.2, 0.25) is 0 Å². The summed E-state index contributed by atoms with van der Waals surface area (Å²) >= 11 is 0.566. The molecule has 1 aliphatic heterocycles. The molecule has 0 aliphatic carbocycles. The Morgan fingerprint density at radius 1 is 1.25 bits per heavy atom. The molecule has 0 bridgehead atoms. The van der Waals surface area contributed by atoms with Gasteiger partial charge in [0.2, 0.25) is 10.1 Å². The molecule has 3 rings (SSSR count). The van der Waals surface area contributed by atoms with E-state index in [4.69, 9.17) is 0 Å². The van der Waals surface area contributed by atoms with Crippen molar-refractivity contribution in [2.24, 2.45) is 0 Å². The molecule has 24 heavy (non-hydrogen) atoms. The molecule has 2 heterocycles. The Kier molecular flexibility index (Phi) is 5.05. The number of rotatable bonds is 4. The van der Waals surface area contributed by atoms with Gasteiger partial charge in [-0.05, 0) is 25.3 Å². The summed E-state index contributed by atoms with van der Waals surface area (Å²) in [5, 5.41) is 9.28. The highest BCUT2D eigenvalue weighted by Gasteiger charge is 2.36. The highest BCUT2D eigenvalue weighted by Crippen LogP contribution is 2.33. The number of aromatic nitrogens is 2. The second-order valence-corrected chi connectivity index (χ2v) is 7.06. The summed E-state index contributed by atoms with van der Waals surface area (Å²) in [4.78, 5) is 2.40. The second kappa shape index (κ2) is 7.06. The lowest BCUT2D eigenvalue weighted by Crippen LogP contribution is -2.44. The summed E-state index contributed by atoms with van der Waals surface area (Å²) in [7, 11) is 0. The topological polar surface area (TPSA) is 41.1 Å². The maximum Gasteiger partial charge on any atom is 0.445 e. The van der Waals surface area contributed by atoms with Gasteiger partial charge < -0.3 is 5.32 Å². The summed E-state index contributed by atoms with van der Waals surface area (Å²) in [6.45, 7) is 3.95. The Morgan fingerprint density at radius 2 is 2.00 bits per heavy atom. The van der Waals surface area contributed by atoms with Gasteiger partial charge >= 0.3 is 6.18 Å². The molecule has 130 valence electrons. The van der Waals surface area contributed by atoms with Gasteiger partial charge in [-0.3, -0.25) is 4.90 Å². The van der Waals surface area contributed by atoms with Gasteiger partial charge in [0.25, 0.3) is 0 Å². The SMILES string of the molecule is CC1CC(Nc2nnc(C(F)(F)F)s2)CCN1Cc1ccccc1. The lowest BCUT2D eigenvalue weighted by molar-refractivity contribution is -0.138. The van der Waals surface area contributed by atoms with E-state index in [-0.39, 0.29) is 11.2 Å². The van der Waals surface area contributed by atoms with Crippen molar-refractivity contribution in [2.75, 3.05) is 11.9 Å². The summed E-state index contributed by atoms with van der Waals surface area (Å²) < 4.78 is 37.7. The molecule has 2 aromatic rings. The second-order valence-electron chi connectivity index (χ2n) is 6.08. The molecule has 8 heteroatoms. The fourth-order valence-corrected chi connectivity index (χ4v) is 3.66.